The van der Waals surface area contributed by atoms with Crippen LogP contribution in [-0.2, 0) is 21.4 Å². The molecular weight excluding hydrogens is 346 g/mol. The average Bonchev–Trinajstić information content (AvgIpc) is 3.07. The van der Waals surface area contributed by atoms with Crippen LogP contribution in [0.2, 0.25) is 0 Å². The van der Waals surface area contributed by atoms with Crippen molar-refractivity contribution in [1.29, 1.82) is 0 Å². The van der Waals surface area contributed by atoms with Gasteiger partial charge in [0.05, 0.1) is 19.1 Å². The molecule has 8 nitrogen and oxygen atoms in total. The number of likely N-dealkylation sites (N-methyl/N-ethyl adjacent to an activating group) is 1. The Labute approximate surface area is 145 Å². The lowest BCUT2D eigenvalue weighted by molar-refractivity contribution is -0.121. The van der Waals surface area contributed by atoms with Crippen molar-refractivity contribution < 1.29 is 22.4 Å². The first kappa shape index (κ1) is 18.7. The molecule has 1 aromatic heterocycles. The van der Waals surface area contributed by atoms with Crippen LogP contribution < -0.4 is 10.6 Å². The zero-order chi connectivity index (χ0) is 18.4. The van der Waals surface area contributed by atoms with Crippen LogP contribution in [0.4, 0.5) is 5.69 Å². The van der Waals surface area contributed by atoms with Crippen molar-refractivity contribution >= 4 is 27.5 Å². The van der Waals surface area contributed by atoms with Crippen molar-refractivity contribution in [2.45, 2.75) is 6.54 Å². The summed E-state index contributed by atoms with van der Waals surface area (Å²) in [5.74, 6) is -0.596. The number of nitrogens with one attached hydrogen (secondary N) is 2. The minimum Gasteiger partial charge on any atom is -0.459 e. The van der Waals surface area contributed by atoms with Crippen LogP contribution >= 0.6 is 0 Å². The van der Waals surface area contributed by atoms with E-state index in [0.717, 1.165) is 16.1 Å². The lowest BCUT2D eigenvalue weighted by atomic mass is 10.2. The van der Waals surface area contributed by atoms with Crippen LogP contribution in [0.5, 0.6) is 0 Å². The normalized spacial score (nSPS) is 11.3. The molecule has 0 aliphatic carbocycles. The predicted molar refractivity (Wildman–Crippen MR) is 92.4 cm³/mol. The topological polar surface area (TPSA) is 109 Å². The third kappa shape index (κ3) is 5.73. The van der Waals surface area contributed by atoms with Crippen molar-refractivity contribution in [3.8, 4) is 0 Å². The van der Waals surface area contributed by atoms with Gasteiger partial charge in [-0.2, -0.15) is 4.31 Å². The van der Waals surface area contributed by atoms with Crippen LogP contribution in [0.15, 0.2) is 47.1 Å². The number of amides is 2. The molecule has 0 radical (unpaired) electrons. The summed E-state index contributed by atoms with van der Waals surface area (Å²) in [6.45, 7) is -0.0470. The van der Waals surface area contributed by atoms with Gasteiger partial charge in [0.15, 0.2) is 5.76 Å². The molecule has 2 amide bonds. The fraction of sp³-hybridized carbons (Fsp3) is 0.250. The molecule has 0 aliphatic heterocycles. The van der Waals surface area contributed by atoms with Gasteiger partial charge < -0.3 is 15.1 Å². The molecule has 0 saturated carbocycles. The molecule has 2 aromatic rings. The summed E-state index contributed by atoms with van der Waals surface area (Å²) in [6, 6.07) is 10.1. The Balaban J connectivity index is 1.91. The number of anilines is 1. The Morgan fingerprint density at radius 1 is 1.20 bits per heavy atom. The van der Waals surface area contributed by atoms with Crippen LogP contribution in [0.1, 0.15) is 16.1 Å². The summed E-state index contributed by atoms with van der Waals surface area (Å²) in [7, 11) is -2.07. The zero-order valence-corrected chi connectivity index (χ0v) is 14.7. The number of rotatable bonds is 7. The Hall–Kier alpha value is -2.65. The van der Waals surface area contributed by atoms with Crippen molar-refractivity contribution in [2.24, 2.45) is 0 Å². The van der Waals surface area contributed by atoms with Crippen LogP contribution in [0.3, 0.4) is 0 Å². The summed E-state index contributed by atoms with van der Waals surface area (Å²) in [4.78, 5) is 23.7. The van der Waals surface area contributed by atoms with Gasteiger partial charge in [-0.15, -0.1) is 0 Å². The molecule has 1 aromatic carbocycles. The van der Waals surface area contributed by atoms with E-state index in [1.807, 2.05) is 0 Å². The number of carbonyl (C=O) groups excluding carboxylic acids is 2. The van der Waals surface area contributed by atoms with E-state index in [0.29, 0.717) is 5.69 Å². The average molecular weight is 365 g/mol. The van der Waals surface area contributed by atoms with Gasteiger partial charge in [-0.05, 0) is 29.8 Å². The Bertz CT molecular complexity index is 846. The Kier molecular flexibility index (Phi) is 5.94. The highest BCUT2D eigenvalue weighted by Gasteiger charge is 2.15. The highest BCUT2D eigenvalue weighted by atomic mass is 32.2. The van der Waals surface area contributed by atoms with Crippen LogP contribution in [-0.4, -0.2) is 44.4 Å². The standard InChI is InChI=1S/C16H19N3O5S/c1-19(25(2,22)23)11-15(20)17-10-12-5-3-6-13(9-12)18-16(21)14-7-4-8-24-14/h3-9H,10-11H2,1-2H3,(H,17,20)(H,18,21). The minimum atomic E-state index is -3.41. The van der Waals surface area contributed by atoms with Gasteiger partial charge in [-0.3, -0.25) is 9.59 Å². The summed E-state index contributed by atoms with van der Waals surface area (Å²) in [5.41, 5.74) is 1.31. The van der Waals surface area contributed by atoms with Crippen molar-refractivity contribution in [3.63, 3.8) is 0 Å². The lowest BCUT2D eigenvalue weighted by Crippen LogP contribution is -2.37. The summed E-state index contributed by atoms with van der Waals surface area (Å²) >= 11 is 0. The second kappa shape index (κ2) is 7.95. The predicted octanol–water partition coefficient (Wildman–Crippen LogP) is 1.04. The van der Waals surface area contributed by atoms with E-state index in [4.69, 9.17) is 4.42 Å². The van der Waals surface area contributed by atoms with Gasteiger partial charge >= 0.3 is 0 Å². The Morgan fingerprint density at radius 2 is 1.96 bits per heavy atom. The first-order valence-electron chi connectivity index (χ1n) is 7.37. The van der Waals surface area contributed by atoms with Gasteiger partial charge in [0.1, 0.15) is 0 Å². The molecule has 9 heteroatoms. The molecule has 0 saturated heterocycles. The highest BCUT2D eigenvalue weighted by Crippen LogP contribution is 2.12. The molecule has 0 unspecified atom stereocenters. The fourth-order valence-corrected chi connectivity index (χ4v) is 2.29. The number of benzene rings is 1. The van der Waals surface area contributed by atoms with E-state index in [-0.39, 0.29) is 24.8 Å². The second-order valence-electron chi connectivity index (χ2n) is 5.43. The quantitative estimate of drug-likeness (QED) is 0.762. The smallest absolute Gasteiger partial charge is 0.291 e. The van der Waals surface area contributed by atoms with Crippen LogP contribution in [0, 0.1) is 0 Å². The van der Waals surface area contributed by atoms with E-state index >= 15 is 0 Å². The SMILES string of the molecule is CN(CC(=O)NCc1cccc(NC(=O)c2ccco2)c1)S(C)(=O)=O. The van der Waals surface area contributed by atoms with E-state index in [1.165, 1.54) is 13.3 Å². The number of hydrogen-bond donors (Lipinski definition) is 2. The fourth-order valence-electron chi connectivity index (χ4n) is 1.94. The maximum Gasteiger partial charge on any atom is 0.291 e. The highest BCUT2D eigenvalue weighted by molar-refractivity contribution is 7.88. The van der Waals surface area contributed by atoms with Crippen molar-refractivity contribution in [1.82, 2.24) is 9.62 Å². The number of nitrogens with zero attached hydrogens (tertiary/aromatic N) is 1. The van der Waals surface area contributed by atoms with Gasteiger partial charge in [0, 0.05) is 19.3 Å². The molecular formula is C16H19N3O5S. The molecule has 0 bridgehead atoms. The van der Waals surface area contributed by atoms with Crippen LogP contribution in [0.25, 0.3) is 0 Å². The zero-order valence-electron chi connectivity index (χ0n) is 13.9. The summed E-state index contributed by atoms with van der Waals surface area (Å²) in [5, 5.41) is 5.33. The Morgan fingerprint density at radius 3 is 2.60 bits per heavy atom. The molecule has 2 N–H and O–H groups in total. The third-order valence-corrected chi connectivity index (χ3v) is 4.61. The molecule has 0 aliphatic rings. The number of carbonyl (C=O) groups is 2. The molecule has 134 valence electrons. The first-order chi connectivity index (χ1) is 11.8. The first-order valence-corrected chi connectivity index (χ1v) is 9.22. The molecule has 0 atom stereocenters. The van der Waals surface area contributed by atoms with Gasteiger partial charge in [-0.25, -0.2) is 8.42 Å². The minimum absolute atomic E-state index is 0.197. The number of furan rings is 1. The molecule has 25 heavy (non-hydrogen) atoms. The number of sulfonamides is 1. The van der Waals surface area contributed by atoms with Gasteiger partial charge in [-0.1, -0.05) is 12.1 Å². The van der Waals surface area contributed by atoms with Crippen molar-refractivity contribution in [3.05, 3.63) is 54.0 Å². The second-order valence-corrected chi connectivity index (χ2v) is 7.52. The maximum atomic E-state index is 11.9. The van der Waals surface area contributed by atoms with Gasteiger partial charge in [0.2, 0.25) is 15.9 Å². The third-order valence-electron chi connectivity index (χ3n) is 3.35. The molecule has 1 heterocycles. The van der Waals surface area contributed by atoms with Crippen molar-refractivity contribution in [2.75, 3.05) is 25.2 Å². The van der Waals surface area contributed by atoms with E-state index in [9.17, 15) is 18.0 Å². The largest absolute Gasteiger partial charge is 0.459 e. The molecule has 0 fully saturated rings. The molecule has 0 spiro atoms. The number of hydrogen-bond acceptors (Lipinski definition) is 5. The molecule has 2 rings (SSSR count). The maximum absolute atomic E-state index is 11.9. The van der Waals surface area contributed by atoms with Gasteiger partial charge in [0.25, 0.3) is 5.91 Å². The van der Waals surface area contributed by atoms with E-state index < -0.39 is 15.9 Å². The lowest BCUT2D eigenvalue weighted by Gasteiger charge is -2.14. The monoisotopic (exact) mass is 365 g/mol. The summed E-state index contributed by atoms with van der Waals surface area (Å²) < 4.78 is 28.5. The van der Waals surface area contributed by atoms with E-state index in [2.05, 4.69) is 10.6 Å². The summed E-state index contributed by atoms with van der Waals surface area (Å²) in [6.07, 6.45) is 2.44. The van der Waals surface area contributed by atoms with E-state index in [1.54, 1.807) is 36.4 Å².